The van der Waals surface area contributed by atoms with E-state index in [0.29, 0.717) is 5.37 Å². The van der Waals surface area contributed by atoms with Crippen LogP contribution in [0.1, 0.15) is 23.6 Å². The number of aromatic nitrogens is 2. The average Bonchev–Trinajstić information content (AvgIpc) is 2.59. The molecule has 0 amide bonds. The average molecular weight is 198 g/mol. The van der Waals surface area contributed by atoms with Crippen LogP contribution in [0.15, 0.2) is 6.20 Å². The Bertz CT molecular complexity index is 274. The molecule has 1 unspecified atom stereocenters. The summed E-state index contributed by atoms with van der Waals surface area (Å²) in [6.07, 6.45) is 5.17. The van der Waals surface area contributed by atoms with E-state index in [0.717, 1.165) is 19.6 Å². The predicted molar refractivity (Wildman–Crippen MR) is 53.8 cm³/mol. The number of hydrogen-bond acceptors (Lipinski definition) is 3. The molecular formula is C9H14N2OS. The van der Waals surface area contributed by atoms with Crippen LogP contribution in [0, 0.1) is 0 Å². The van der Waals surface area contributed by atoms with Gasteiger partial charge in [0.2, 0.25) is 0 Å². The Morgan fingerprint density at radius 2 is 2.54 bits per heavy atom. The normalized spacial score (nSPS) is 18.3. The summed E-state index contributed by atoms with van der Waals surface area (Å²) in [4.78, 5) is 0. The van der Waals surface area contributed by atoms with Gasteiger partial charge in [0.05, 0.1) is 24.3 Å². The lowest BCUT2D eigenvalue weighted by Crippen LogP contribution is -2.08. The van der Waals surface area contributed by atoms with Gasteiger partial charge in [0.1, 0.15) is 0 Å². The topological polar surface area (TPSA) is 27.1 Å². The van der Waals surface area contributed by atoms with Crippen molar-refractivity contribution in [1.29, 1.82) is 0 Å². The van der Waals surface area contributed by atoms with Crippen LogP contribution in [0.4, 0.5) is 0 Å². The summed E-state index contributed by atoms with van der Waals surface area (Å²) in [6.45, 7) is 3.71. The maximum absolute atomic E-state index is 5.36. The molecule has 72 valence electrons. The molecule has 0 fully saturated rings. The van der Waals surface area contributed by atoms with Gasteiger partial charge >= 0.3 is 0 Å². The van der Waals surface area contributed by atoms with Crippen molar-refractivity contribution in [1.82, 2.24) is 9.78 Å². The van der Waals surface area contributed by atoms with Crippen molar-refractivity contribution in [2.75, 3.05) is 12.9 Å². The summed E-state index contributed by atoms with van der Waals surface area (Å²) in [6, 6.07) is 0. The lowest BCUT2D eigenvalue weighted by atomic mass is 10.2. The van der Waals surface area contributed by atoms with Crippen LogP contribution in [0.2, 0.25) is 0 Å². The first-order valence-corrected chi connectivity index (χ1v) is 5.77. The zero-order chi connectivity index (χ0) is 9.26. The molecule has 1 aromatic heterocycles. The second-order valence-corrected chi connectivity index (χ2v) is 4.37. The third-order valence-corrected chi connectivity index (χ3v) is 3.25. The fraction of sp³-hybridized carbons (Fsp3) is 0.667. The van der Waals surface area contributed by atoms with Crippen molar-refractivity contribution in [2.24, 2.45) is 0 Å². The molecule has 0 saturated carbocycles. The SMILES string of the molecule is CSC(C)n1cc2c(n1)CCOC2. The van der Waals surface area contributed by atoms with Gasteiger partial charge in [-0.15, -0.1) is 11.8 Å². The second-order valence-electron chi connectivity index (χ2n) is 3.22. The van der Waals surface area contributed by atoms with Gasteiger partial charge < -0.3 is 4.74 Å². The van der Waals surface area contributed by atoms with E-state index in [4.69, 9.17) is 4.74 Å². The minimum atomic E-state index is 0.422. The largest absolute Gasteiger partial charge is 0.376 e. The number of fused-ring (bicyclic) bond motifs is 1. The molecule has 13 heavy (non-hydrogen) atoms. The molecule has 1 aliphatic heterocycles. The molecule has 3 nitrogen and oxygen atoms in total. The van der Waals surface area contributed by atoms with Crippen LogP contribution in [0.25, 0.3) is 0 Å². The monoisotopic (exact) mass is 198 g/mol. The van der Waals surface area contributed by atoms with E-state index in [1.54, 1.807) is 11.8 Å². The summed E-state index contributed by atoms with van der Waals surface area (Å²) in [5, 5.41) is 4.96. The highest BCUT2D eigenvalue weighted by Gasteiger charge is 2.15. The Balaban J connectivity index is 2.25. The summed E-state index contributed by atoms with van der Waals surface area (Å²) in [5.74, 6) is 0. The van der Waals surface area contributed by atoms with Crippen LogP contribution in [0.5, 0.6) is 0 Å². The van der Waals surface area contributed by atoms with Gasteiger partial charge in [-0.25, -0.2) is 0 Å². The zero-order valence-electron chi connectivity index (χ0n) is 7.99. The van der Waals surface area contributed by atoms with Crippen LogP contribution < -0.4 is 0 Å². The number of ether oxygens (including phenoxy) is 1. The molecule has 0 radical (unpaired) electrons. The lowest BCUT2D eigenvalue weighted by Gasteiger charge is -2.08. The third-order valence-electron chi connectivity index (χ3n) is 2.35. The lowest BCUT2D eigenvalue weighted by molar-refractivity contribution is 0.110. The fourth-order valence-corrected chi connectivity index (χ4v) is 1.77. The predicted octanol–water partition coefficient (Wildman–Crippen LogP) is 1.84. The van der Waals surface area contributed by atoms with Gasteiger partial charge in [0.25, 0.3) is 0 Å². The molecule has 4 heteroatoms. The third kappa shape index (κ3) is 1.74. The Kier molecular flexibility index (Phi) is 2.60. The Morgan fingerprint density at radius 3 is 3.23 bits per heavy atom. The number of hydrogen-bond donors (Lipinski definition) is 0. The first-order valence-electron chi connectivity index (χ1n) is 4.48. The van der Waals surface area contributed by atoms with Crippen LogP contribution in [0.3, 0.4) is 0 Å². The van der Waals surface area contributed by atoms with E-state index in [2.05, 4.69) is 24.5 Å². The molecule has 2 heterocycles. The highest BCUT2D eigenvalue weighted by Crippen LogP contribution is 2.22. The second kappa shape index (κ2) is 3.72. The highest BCUT2D eigenvalue weighted by molar-refractivity contribution is 7.98. The number of nitrogens with zero attached hydrogens (tertiary/aromatic N) is 2. The first-order chi connectivity index (χ1) is 6.31. The highest BCUT2D eigenvalue weighted by atomic mass is 32.2. The molecular weight excluding hydrogens is 184 g/mol. The molecule has 2 rings (SSSR count). The number of rotatable bonds is 2. The van der Waals surface area contributed by atoms with E-state index in [-0.39, 0.29) is 0 Å². The number of thioether (sulfide) groups is 1. The van der Waals surface area contributed by atoms with Crippen molar-refractivity contribution < 1.29 is 4.74 Å². The van der Waals surface area contributed by atoms with E-state index in [1.807, 2.05) is 4.68 Å². The fourth-order valence-electron chi connectivity index (χ4n) is 1.44. The minimum absolute atomic E-state index is 0.422. The van der Waals surface area contributed by atoms with E-state index < -0.39 is 0 Å². The van der Waals surface area contributed by atoms with Crippen molar-refractivity contribution in [2.45, 2.75) is 25.3 Å². The van der Waals surface area contributed by atoms with E-state index >= 15 is 0 Å². The maximum Gasteiger partial charge on any atom is 0.0940 e. The zero-order valence-corrected chi connectivity index (χ0v) is 8.80. The summed E-state index contributed by atoms with van der Waals surface area (Å²) < 4.78 is 7.39. The first kappa shape index (κ1) is 9.09. The quantitative estimate of drug-likeness (QED) is 0.725. The molecule has 1 aromatic rings. The smallest absolute Gasteiger partial charge is 0.0940 e. The van der Waals surface area contributed by atoms with Crippen LogP contribution in [-0.4, -0.2) is 22.6 Å². The summed E-state index contributed by atoms with van der Waals surface area (Å²) in [5.41, 5.74) is 2.47. The summed E-state index contributed by atoms with van der Waals surface area (Å²) in [7, 11) is 0. The molecule has 0 aromatic carbocycles. The Labute approximate surface area is 82.5 Å². The van der Waals surface area contributed by atoms with Crippen molar-refractivity contribution in [3.05, 3.63) is 17.5 Å². The van der Waals surface area contributed by atoms with Gasteiger partial charge in [-0.05, 0) is 13.2 Å². The molecule has 1 aliphatic rings. The van der Waals surface area contributed by atoms with Crippen LogP contribution >= 0.6 is 11.8 Å². The standard InChI is InChI=1S/C9H14N2OS/c1-7(13-2)11-5-8-6-12-4-3-9(8)10-11/h5,7H,3-4,6H2,1-2H3. The molecule has 0 bridgehead atoms. The van der Waals surface area contributed by atoms with Gasteiger partial charge in [0, 0.05) is 18.2 Å². The van der Waals surface area contributed by atoms with E-state index in [9.17, 15) is 0 Å². The van der Waals surface area contributed by atoms with Gasteiger partial charge in [-0.2, -0.15) is 5.10 Å². The summed E-state index contributed by atoms with van der Waals surface area (Å²) >= 11 is 1.80. The Hall–Kier alpha value is -0.480. The Morgan fingerprint density at radius 1 is 1.69 bits per heavy atom. The molecule has 0 saturated heterocycles. The van der Waals surface area contributed by atoms with Crippen molar-refractivity contribution in [3.8, 4) is 0 Å². The van der Waals surface area contributed by atoms with Crippen molar-refractivity contribution in [3.63, 3.8) is 0 Å². The van der Waals surface area contributed by atoms with Crippen molar-refractivity contribution >= 4 is 11.8 Å². The maximum atomic E-state index is 5.36. The molecule has 1 atom stereocenters. The van der Waals surface area contributed by atoms with Crippen LogP contribution in [-0.2, 0) is 17.8 Å². The van der Waals surface area contributed by atoms with Gasteiger partial charge in [0.15, 0.2) is 0 Å². The molecule has 0 N–H and O–H groups in total. The van der Waals surface area contributed by atoms with Gasteiger partial charge in [-0.1, -0.05) is 0 Å². The van der Waals surface area contributed by atoms with Gasteiger partial charge in [-0.3, -0.25) is 4.68 Å². The van der Waals surface area contributed by atoms with E-state index in [1.165, 1.54) is 11.3 Å². The molecule has 0 spiro atoms. The molecule has 0 aliphatic carbocycles. The minimum Gasteiger partial charge on any atom is -0.376 e.